The molecule has 2 saturated heterocycles. The SMILES string of the molecule is CCCC/C=C/CCCCCCCCCCCC(=O)O[C@@H](COC(=O)CCCCCCCCCCCCCCCCCCCCCC)CO[C@@H]1O[C@H](CO[C@@H]2O[C@H](CO)[C@H](O)C(O)C2O)[C@H](O)C(O)C1O. The lowest BCUT2D eigenvalue weighted by Gasteiger charge is -2.42. The molecule has 15 nitrogen and oxygen atoms in total. The molecule has 11 atom stereocenters. The van der Waals surface area contributed by atoms with Gasteiger partial charge < -0.3 is 64.2 Å². The smallest absolute Gasteiger partial charge is 0.306 e. The fourth-order valence-corrected chi connectivity index (χ4v) is 9.26. The maximum Gasteiger partial charge on any atom is 0.306 e. The van der Waals surface area contributed by atoms with Crippen LogP contribution in [0.25, 0.3) is 0 Å². The van der Waals surface area contributed by atoms with E-state index < -0.39 is 92.7 Å². The summed E-state index contributed by atoms with van der Waals surface area (Å²) in [6.45, 7) is 2.61. The summed E-state index contributed by atoms with van der Waals surface area (Å²) in [5, 5.41) is 72.2. The van der Waals surface area contributed by atoms with Crippen molar-refractivity contribution in [3.05, 3.63) is 12.2 Å². The Kier molecular flexibility index (Phi) is 40.0. The molecule has 0 aromatic rings. The van der Waals surface area contributed by atoms with Crippen LogP contribution in [0.2, 0.25) is 0 Å². The van der Waals surface area contributed by atoms with E-state index in [1.807, 2.05) is 0 Å². The standard InChI is InChI=1S/C56H104O15/c1-3-5-7-9-11-13-15-17-19-20-21-22-23-25-26-28-30-32-34-36-38-47(58)66-41-44(69-48(59)39-37-35-33-31-29-27-24-18-16-14-12-10-8-6-4-2)42-67-55-54(65)52(63)50(61)46(71-55)43-68-56-53(64)51(62)49(60)45(40-57)70-56/h10,12,44-46,49-57,60-65H,3-9,11,13-43H2,1-2H3/b12-10+/t44-,45+,46+,49-,50-,51?,52?,53?,54?,55+,56+/m0/s1. The summed E-state index contributed by atoms with van der Waals surface area (Å²) in [5.74, 6) is -0.913. The minimum atomic E-state index is -1.76. The molecule has 0 amide bonds. The molecule has 7 N–H and O–H groups in total. The van der Waals surface area contributed by atoms with Gasteiger partial charge in [0.25, 0.3) is 0 Å². The highest BCUT2D eigenvalue weighted by Crippen LogP contribution is 2.27. The van der Waals surface area contributed by atoms with Gasteiger partial charge >= 0.3 is 11.9 Å². The highest BCUT2D eigenvalue weighted by molar-refractivity contribution is 5.70. The third kappa shape index (κ3) is 31.0. The molecule has 0 spiro atoms. The maximum absolute atomic E-state index is 13.0. The Hall–Kier alpha value is -1.76. The molecule has 0 saturated carbocycles. The van der Waals surface area contributed by atoms with Crippen molar-refractivity contribution in [1.82, 2.24) is 0 Å². The number of ether oxygens (including phenoxy) is 6. The van der Waals surface area contributed by atoms with Crippen molar-refractivity contribution < 1.29 is 73.8 Å². The summed E-state index contributed by atoms with van der Waals surface area (Å²) < 4.78 is 33.7. The van der Waals surface area contributed by atoms with Crippen LogP contribution in [0.5, 0.6) is 0 Å². The van der Waals surface area contributed by atoms with Crippen molar-refractivity contribution in [3.63, 3.8) is 0 Å². The van der Waals surface area contributed by atoms with Gasteiger partial charge in [0.1, 0.15) is 55.4 Å². The van der Waals surface area contributed by atoms with Gasteiger partial charge in [0.05, 0.1) is 19.8 Å². The summed E-state index contributed by atoms with van der Waals surface area (Å²) in [6, 6.07) is 0. The van der Waals surface area contributed by atoms with Crippen molar-refractivity contribution in [1.29, 1.82) is 0 Å². The number of allylic oxidation sites excluding steroid dienone is 2. The number of hydrogen-bond acceptors (Lipinski definition) is 15. The van der Waals surface area contributed by atoms with Gasteiger partial charge in [0.2, 0.25) is 0 Å². The van der Waals surface area contributed by atoms with Crippen LogP contribution in [0, 0.1) is 0 Å². The van der Waals surface area contributed by atoms with E-state index in [2.05, 4.69) is 26.0 Å². The van der Waals surface area contributed by atoms with Gasteiger partial charge in [0, 0.05) is 12.8 Å². The third-order valence-corrected chi connectivity index (χ3v) is 14.0. The van der Waals surface area contributed by atoms with Crippen LogP contribution in [0.3, 0.4) is 0 Å². The molecule has 0 aromatic carbocycles. The summed E-state index contributed by atoms with van der Waals surface area (Å²) in [5.41, 5.74) is 0. The van der Waals surface area contributed by atoms with Crippen LogP contribution >= 0.6 is 0 Å². The first-order chi connectivity index (χ1) is 34.5. The van der Waals surface area contributed by atoms with E-state index in [0.29, 0.717) is 12.8 Å². The predicted molar refractivity (Wildman–Crippen MR) is 275 cm³/mol. The lowest BCUT2D eigenvalue weighted by Crippen LogP contribution is -2.61. The predicted octanol–water partition coefficient (Wildman–Crippen LogP) is 9.33. The van der Waals surface area contributed by atoms with Gasteiger partial charge in [-0.15, -0.1) is 0 Å². The molecular formula is C56H104O15. The second-order valence-corrected chi connectivity index (χ2v) is 20.5. The second kappa shape index (κ2) is 43.5. The molecule has 15 heteroatoms. The number of unbranched alkanes of at least 4 members (excludes halogenated alkanes) is 30. The van der Waals surface area contributed by atoms with Gasteiger partial charge in [-0.05, 0) is 32.1 Å². The number of hydrogen-bond donors (Lipinski definition) is 7. The quantitative estimate of drug-likeness (QED) is 0.0171. The van der Waals surface area contributed by atoms with E-state index in [-0.39, 0.29) is 26.1 Å². The van der Waals surface area contributed by atoms with Gasteiger partial charge in [-0.3, -0.25) is 9.59 Å². The monoisotopic (exact) mass is 1020 g/mol. The lowest BCUT2D eigenvalue weighted by molar-refractivity contribution is -0.332. The van der Waals surface area contributed by atoms with E-state index in [4.69, 9.17) is 28.4 Å². The molecule has 2 heterocycles. The Morgan fingerprint density at radius 3 is 1.28 bits per heavy atom. The average Bonchev–Trinajstić information content (AvgIpc) is 3.36. The third-order valence-electron chi connectivity index (χ3n) is 14.0. The molecule has 2 aliphatic heterocycles. The molecule has 0 radical (unpaired) electrons. The minimum absolute atomic E-state index is 0.167. The number of aliphatic hydroxyl groups is 7. The minimum Gasteiger partial charge on any atom is -0.462 e. The van der Waals surface area contributed by atoms with Crippen LogP contribution < -0.4 is 0 Å². The first-order valence-corrected chi connectivity index (χ1v) is 28.8. The van der Waals surface area contributed by atoms with Crippen LogP contribution in [-0.2, 0) is 38.0 Å². The largest absolute Gasteiger partial charge is 0.462 e. The second-order valence-electron chi connectivity index (χ2n) is 20.5. The van der Waals surface area contributed by atoms with Crippen molar-refractivity contribution in [2.45, 2.75) is 306 Å². The Balaban J connectivity index is 1.74. The van der Waals surface area contributed by atoms with E-state index in [1.165, 1.54) is 154 Å². The van der Waals surface area contributed by atoms with E-state index in [0.717, 1.165) is 44.9 Å². The molecule has 2 rings (SSSR count). The summed E-state index contributed by atoms with van der Waals surface area (Å²) >= 11 is 0. The normalized spacial score (nSPS) is 25.2. The average molecular weight is 1020 g/mol. The fraction of sp³-hybridized carbons (Fsp3) is 0.929. The van der Waals surface area contributed by atoms with Crippen LogP contribution in [0.15, 0.2) is 12.2 Å². The summed E-state index contributed by atoms with van der Waals surface area (Å²) in [4.78, 5) is 25.9. The van der Waals surface area contributed by atoms with E-state index in [9.17, 15) is 45.3 Å². The van der Waals surface area contributed by atoms with Gasteiger partial charge in [-0.25, -0.2) is 0 Å². The van der Waals surface area contributed by atoms with Crippen LogP contribution in [0.4, 0.5) is 0 Å². The van der Waals surface area contributed by atoms with Gasteiger partial charge in [-0.1, -0.05) is 206 Å². The molecular weight excluding hydrogens is 913 g/mol. The van der Waals surface area contributed by atoms with Crippen molar-refractivity contribution in [2.24, 2.45) is 0 Å². The topological polar surface area (TPSA) is 231 Å². The van der Waals surface area contributed by atoms with Crippen molar-refractivity contribution in [3.8, 4) is 0 Å². The summed E-state index contributed by atoms with van der Waals surface area (Å²) in [6.07, 6.45) is 28.0. The zero-order valence-corrected chi connectivity index (χ0v) is 44.5. The number of aliphatic hydroxyl groups excluding tert-OH is 7. The van der Waals surface area contributed by atoms with Crippen LogP contribution in [-0.4, -0.2) is 142 Å². The highest BCUT2D eigenvalue weighted by atomic mass is 16.7. The molecule has 2 fully saturated rings. The Morgan fingerprint density at radius 1 is 0.437 bits per heavy atom. The van der Waals surface area contributed by atoms with Crippen molar-refractivity contribution >= 4 is 11.9 Å². The molecule has 2 aliphatic rings. The fourth-order valence-electron chi connectivity index (χ4n) is 9.26. The molecule has 71 heavy (non-hydrogen) atoms. The zero-order chi connectivity index (χ0) is 51.7. The molecule has 0 aromatic heterocycles. The Labute approximate surface area is 429 Å². The lowest BCUT2D eigenvalue weighted by atomic mass is 9.98. The Morgan fingerprint density at radius 2 is 0.817 bits per heavy atom. The molecule has 0 bridgehead atoms. The zero-order valence-electron chi connectivity index (χ0n) is 44.5. The number of rotatable bonds is 46. The van der Waals surface area contributed by atoms with Gasteiger partial charge in [-0.2, -0.15) is 0 Å². The first kappa shape index (κ1) is 65.4. The first-order valence-electron chi connectivity index (χ1n) is 28.8. The maximum atomic E-state index is 13.0. The molecule has 0 aliphatic carbocycles. The van der Waals surface area contributed by atoms with E-state index in [1.54, 1.807) is 0 Å². The number of carbonyl (C=O) groups excluding carboxylic acids is 2. The number of carbonyl (C=O) groups is 2. The summed E-state index contributed by atoms with van der Waals surface area (Å²) in [7, 11) is 0. The van der Waals surface area contributed by atoms with Crippen LogP contribution in [0.1, 0.15) is 239 Å². The van der Waals surface area contributed by atoms with E-state index >= 15 is 0 Å². The Bertz CT molecular complexity index is 1290. The molecule has 418 valence electrons. The highest BCUT2D eigenvalue weighted by Gasteiger charge is 2.47. The molecule has 4 unspecified atom stereocenters. The number of esters is 2. The van der Waals surface area contributed by atoms with Crippen molar-refractivity contribution in [2.75, 3.05) is 26.4 Å². The van der Waals surface area contributed by atoms with Gasteiger partial charge in [0.15, 0.2) is 18.7 Å².